The van der Waals surface area contributed by atoms with E-state index in [0.717, 1.165) is 27.3 Å². The molecule has 2 rings (SSSR count). The van der Waals surface area contributed by atoms with E-state index >= 15 is 0 Å². The number of rotatable bonds is 9. The number of nitrogens with zero attached hydrogens (tertiary/aromatic N) is 1. The van der Waals surface area contributed by atoms with Crippen LogP contribution in [0.1, 0.15) is 44.9 Å². The van der Waals surface area contributed by atoms with Gasteiger partial charge < -0.3 is 10.6 Å². The molecule has 0 spiro atoms. The molecule has 25 heavy (non-hydrogen) atoms. The van der Waals surface area contributed by atoms with Crippen LogP contribution in [0.3, 0.4) is 0 Å². The van der Waals surface area contributed by atoms with Crippen LogP contribution in [0.25, 0.3) is 0 Å². The van der Waals surface area contributed by atoms with Gasteiger partial charge in [-0.3, -0.25) is 9.59 Å². The minimum Gasteiger partial charge on any atom is -0.338 e. The summed E-state index contributed by atoms with van der Waals surface area (Å²) in [6.45, 7) is 5.67. The summed E-state index contributed by atoms with van der Waals surface area (Å²) in [4.78, 5) is 29.0. The number of hydrogen-bond acceptors (Lipinski definition) is 4. The molecule has 134 valence electrons. The third-order valence-corrected chi connectivity index (χ3v) is 5.07. The van der Waals surface area contributed by atoms with Crippen molar-refractivity contribution in [1.29, 1.82) is 0 Å². The quantitative estimate of drug-likeness (QED) is 0.695. The zero-order chi connectivity index (χ0) is 18.2. The first-order chi connectivity index (χ1) is 12.0. The van der Waals surface area contributed by atoms with Crippen molar-refractivity contribution < 1.29 is 9.59 Å². The van der Waals surface area contributed by atoms with Crippen molar-refractivity contribution in [1.82, 2.24) is 4.90 Å². The van der Waals surface area contributed by atoms with E-state index in [1.54, 1.807) is 16.2 Å². The standard InChI is InChI=1S/C20H26N2O2S/c1-15-13-18(16(2)25-15)19(23)9-10-20(24)22(12-6-11-21)14-17-7-4-3-5-8-17/h3-5,7-8,13H,6,9-12,14,21H2,1-2H3. The highest BCUT2D eigenvalue weighted by Gasteiger charge is 2.17. The zero-order valence-electron chi connectivity index (χ0n) is 15.0. The summed E-state index contributed by atoms with van der Waals surface area (Å²) in [7, 11) is 0. The number of thiophene rings is 1. The van der Waals surface area contributed by atoms with Crippen LogP contribution in [0.15, 0.2) is 36.4 Å². The van der Waals surface area contributed by atoms with Crippen LogP contribution < -0.4 is 5.73 Å². The summed E-state index contributed by atoms with van der Waals surface area (Å²) in [5.74, 6) is 0.0592. The Morgan fingerprint density at radius 3 is 2.44 bits per heavy atom. The molecular formula is C20H26N2O2S. The average Bonchev–Trinajstić information content (AvgIpc) is 2.95. The van der Waals surface area contributed by atoms with Gasteiger partial charge in [0.2, 0.25) is 5.91 Å². The van der Waals surface area contributed by atoms with Crippen molar-refractivity contribution in [3.8, 4) is 0 Å². The topological polar surface area (TPSA) is 63.4 Å². The summed E-state index contributed by atoms with van der Waals surface area (Å²) < 4.78 is 0. The van der Waals surface area contributed by atoms with Gasteiger partial charge >= 0.3 is 0 Å². The first-order valence-electron chi connectivity index (χ1n) is 8.63. The number of carbonyl (C=O) groups is 2. The van der Waals surface area contributed by atoms with Gasteiger partial charge in [0.25, 0.3) is 0 Å². The Bertz CT molecular complexity index is 710. The van der Waals surface area contributed by atoms with E-state index in [2.05, 4.69) is 0 Å². The van der Waals surface area contributed by atoms with Crippen molar-refractivity contribution >= 4 is 23.0 Å². The van der Waals surface area contributed by atoms with Gasteiger partial charge in [0, 0.05) is 41.2 Å². The summed E-state index contributed by atoms with van der Waals surface area (Å²) in [6.07, 6.45) is 1.25. The second-order valence-corrected chi connectivity index (χ2v) is 7.65. The largest absolute Gasteiger partial charge is 0.338 e. The van der Waals surface area contributed by atoms with Crippen LogP contribution in [0.4, 0.5) is 0 Å². The summed E-state index contributed by atoms with van der Waals surface area (Å²) in [5.41, 5.74) is 7.44. The number of amides is 1. The van der Waals surface area contributed by atoms with Gasteiger partial charge in [-0.2, -0.15) is 0 Å². The summed E-state index contributed by atoms with van der Waals surface area (Å²) in [5, 5.41) is 0. The number of carbonyl (C=O) groups excluding carboxylic acids is 2. The third-order valence-electron chi connectivity index (χ3n) is 4.11. The Balaban J connectivity index is 1.96. The predicted octanol–water partition coefficient (Wildman–Crippen LogP) is 3.71. The molecular weight excluding hydrogens is 332 g/mol. The first kappa shape index (κ1) is 19.3. The van der Waals surface area contributed by atoms with Crippen LogP contribution in [-0.4, -0.2) is 29.7 Å². The molecule has 4 nitrogen and oxygen atoms in total. The third kappa shape index (κ3) is 5.80. The highest BCUT2D eigenvalue weighted by atomic mass is 32.1. The number of benzene rings is 1. The van der Waals surface area contributed by atoms with Gasteiger partial charge in [0.05, 0.1) is 0 Å². The molecule has 5 heteroatoms. The molecule has 0 radical (unpaired) electrons. The molecule has 1 heterocycles. The van der Waals surface area contributed by atoms with E-state index in [9.17, 15) is 9.59 Å². The van der Waals surface area contributed by atoms with E-state index < -0.39 is 0 Å². The van der Waals surface area contributed by atoms with Crippen LogP contribution >= 0.6 is 11.3 Å². The molecule has 1 aromatic carbocycles. The molecule has 0 aliphatic carbocycles. The number of nitrogens with two attached hydrogens (primary N) is 1. The van der Waals surface area contributed by atoms with Gasteiger partial charge in [0.15, 0.2) is 5.78 Å². The van der Waals surface area contributed by atoms with E-state index in [1.165, 1.54) is 0 Å². The second kappa shape index (κ2) is 9.49. The molecule has 2 N–H and O–H groups in total. The highest BCUT2D eigenvalue weighted by molar-refractivity contribution is 7.12. The summed E-state index contributed by atoms with van der Waals surface area (Å²) in [6, 6.07) is 11.8. The minimum absolute atomic E-state index is 0.00950. The van der Waals surface area contributed by atoms with Crippen molar-refractivity contribution in [2.45, 2.75) is 39.7 Å². The monoisotopic (exact) mass is 358 g/mol. The molecule has 0 saturated heterocycles. The fourth-order valence-corrected chi connectivity index (χ4v) is 3.74. The lowest BCUT2D eigenvalue weighted by molar-refractivity contribution is -0.131. The SMILES string of the molecule is Cc1cc(C(=O)CCC(=O)N(CCCN)Cc2ccccc2)c(C)s1. The van der Waals surface area contributed by atoms with Gasteiger partial charge in [-0.25, -0.2) is 0 Å². The molecule has 0 aliphatic rings. The average molecular weight is 359 g/mol. The fourth-order valence-electron chi connectivity index (χ4n) is 2.80. The van der Waals surface area contributed by atoms with Gasteiger partial charge in [-0.1, -0.05) is 30.3 Å². The Morgan fingerprint density at radius 1 is 1.12 bits per heavy atom. The van der Waals surface area contributed by atoms with E-state index in [0.29, 0.717) is 19.6 Å². The molecule has 0 saturated carbocycles. The lowest BCUT2D eigenvalue weighted by Gasteiger charge is -2.22. The van der Waals surface area contributed by atoms with Crippen molar-refractivity contribution in [2.24, 2.45) is 5.73 Å². The smallest absolute Gasteiger partial charge is 0.223 e. The number of aryl methyl sites for hydroxylation is 2. The fraction of sp³-hybridized carbons (Fsp3) is 0.400. The van der Waals surface area contributed by atoms with E-state index in [1.807, 2.05) is 50.2 Å². The van der Waals surface area contributed by atoms with Crippen molar-refractivity contribution in [3.05, 3.63) is 57.3 Å². The van der Waals surface area contributed by atoms with Crippen molar-refractivity contribution in [2.75, 3.05) is 13.1 Å². The first-order valence-corrected chi connectivity index (χ1v) is 9.45. The normalized spacial score (nSPS) is 10.7. The Hall–Kier alpha value is -1.98. The minimum atomic E-state index is 0.00950. The number of Topliss-reactive ketones (excluding diaryl/α,β-unsaturated/α-hetero) is 1. The maximum Gasteiger partial charge on any atom is 0.223 e. The molecule has 0 aliphatic heterocycles. The van der Waals surface area contributed by atoms with Crippen molar-refractivity contribution in [3.63, 3.8) is 0 Å². The van der Waals surface area contributed by atoms with Crippen LogP contribution in [-0.2, 0) is 11.3 Å². The highest BCUT2D eigenvalue weighted by Crippen LogP contribution is 2.22. The van der Waals surface area contributed by atoms with E-state index in [4.69, 9.17) is 5.73 Å². The van der Waals surface area contributed by atoms with Crippen LogP contribution in [0.5, 0.6) is 0 Å². The molecule has 0 bridgehead atoms. The predicted molar refractivity (Wildman–Crippen MR) is 103 cm³/mol. The number of ketones is 1. The van der Waals surface area contributed by atoms with Gasteiger partial charge in [-0.15, -0.1) is 11.3 Å². The summed E-state index contributed by atoms with van der Waals surface area (Å²) >= 11 is 1.62. The van der Waals surface area contributed by atoms with Crippen LogP contribution in [0.2, 0.25) is 0 Å². The molecule has 2 aromatic rings. The zero-order valence-corrected chi connectivity index (χ0v) is 15.8. The molecule has 0 atom stereocenters. The second-order valence-electron chi connectivity index (χ2n) is 6.19. The Labute approximate surface area is 153 Å². The molecule has 1 aromatic heterocycles. The van der Waals surface area contributed by atoms with E-state index in [-0.39, 0.29) is 24.5 Å². The molecule has 0 fully saturated rings. The maximum atomic E-state index is 12.6. The molecule has 0 unspecified atom stereocenters. The Morgan fingerprint density at radius 2 is 1.84 bits per heavy atom. The lowest BCUT2D eigenvalue weighted by atomic mass is 10.1. The maximum absolute atomic E-state index is 12.6. The number of hydrogen-bond donors (Lipinski definition) is 1. The van der Waals surface area contributed by atoms with Crippen LogP contribution in [0, 0.1) is 13.8 Å². The van der Waals surface area contributed by atoms with Gasteiger partial charge in [0.1, 0.15) is 0 Å². The van der Waals surface area contributed by atoms with Gasteiger partial charge in [-0.05, 0) is 38.4 Å². The Kier molecular flexibility index (Phi) is 7.34. The molecule has 1 amide bonds. The lowest BCUT2D eigenvalue weighted by Crippen LogP contribution is -2.32.